The quantitative estimate of drug-likeness (QED) is 0.826. The number of benzene rings is 1. The Morgan fingerprint density at radius 3 is 2.80 bits per heavy atom. The van der Waals surface area contributed by atoms with Crippen molar-refractivity contribution in [1.29, 1.82) is 0 Å². The molecule has 1 aromatic heterocycles. The lowest BCUT2D eigenvalue weighted by Crippen LogP contribution is -2.39. The van der Waals surface area contributed by atoms with Gasteiger partial charge in [-0.1, -0.05) is 48.3 Å². The summed E-state index contributed by atoms with van der Waals surface area (Å²) >= 11 is 12.7. The number of nitrogens with zero attached hydrogens (tertiary/aromatic N) is 2. The minimum Gasteiger partial charge on any atom is -0.480 e. The van der Waals surface area contributed by atoms with E-state index >= 15 is 0 Å². The highest BCUT2D eigenvalue weighted by Gasteiger charge is 2.38. The van der Waals surface area contributed by atoms with Gasteiger partial charge in [0.1, 0.15) is 6.04 Å². The maximum Gasteiger partial charge on any atom is 0.320 e. The SMILES string of the molecule is CCc1ccc(C(c2cccc(Cl)c2Cl)N2CCCC2C(=O)O)nc1. The van der Waals surface area contributed by atoms with Gasteiger partial charge in [0, 0.05) is 12.7 Å². The monoisotopic (exact) mass is 378 g/mol. The third kappa shape index (κ3) is 3.66. The molecule has 2 atom stereocenters. The second kappa shape index (κ2) is 7.73. The normalized spacial score (nSPS) is 19.1. The summed E-state index contributed by atoms with van der Waals surface area (Å²) in [5, 5.41) is 10.5. The van der Waals surface area contributed by atoms with Gasteiger partial charge in [-0.25, -0.2) is 0 Å². The van der Waals surface area contributed by atoms with Crippen molar-refractivity contribution in [2.75, 3.05) is 6.54 Å². The fraction of sp³-hybridized carbons (Fsp3) is 0.368. The third-order valence-electron chi connectivity index (χ3n) is 4.72. The molecule has 0 spiro atoms. The predicted molar refractivity (Wildman–Crippen MR) is 99.3 cm³/mol. The topological polar surface area (TPSA) is 53.4 Å². The van der Waals surface area contributed by atoms with Gasteiger partial charge in [0.15, 0.2) is 0 Å². The fourth-order valence-corrected chi connectivity index (χ4v) is 3.82. The summed E-state index contributed by atoms with van der Waals surface area (Å²) in [6, 6.07) is 8.57. The molecular formula is C19H20Cl2N2O2. The van der Waals surface area contributed by atoms with Crippen LogP contribution in [0.3, 0.4) is 0 Å². The van der Waals surface area contributed by atoms with Gasteiger partial charge in [-0.05, 0) is 42.5 Å². The first-order chi connectivity index (χ1) is 12.0. The average molecular weight is 379 g/mol. The Balaban J connectivity index is 2.10. The smallest absolute Gasteiger partial charge is 0.320 e. The van der Waals surface area contributed by atoms with E-state index in [0.29, 0.717) is 23.0 Å². The van der Waals surface area contributed by atoms with Crippen molar-refractivity contribution in [3.05, 3.63) is 63.4 Å². The van der Waals surface area contributed by atoms with Crippen LogP contribution in [0.4, 0.5) is 0 Å². The van der Waals surface area contributed by atoms with Crippen LogP contribution in [0.5, 0.6) is 0 Å². The summed E-state index contributed by atoms with van der Waals surface area (Å²) in [6.07, 6.45) is 4.19. The molecule has 2 aromatic rings. The molecule has 1 aromatic carbocycles. The molecule has 2 unspecified atom stereocenters. The van der Waals surface area contributed by atoms with Gasteiger partial charge in [-0.15, -0.1) is 0 Å². The molecule has 4 nitrogen and oxygen atoms in total. The minimum atomic E-state index is -0.814. The summed E-state index contributed by atoms with van der Waals surface area (Å²) < 4.78 is 0. The van der Waals surface area contributed by atoms with Crippen LogP contribution >= 0.6 is 23.2 Å². The molecule has 0 aliphatic carbocycles. The fourth-order valence-electron chi connectivity index (χ4n) is 3.41. The van der Waals surface area contributed by atoms with Crippen molar-refractivity contribution in [2.45, 2.75) is 38.3 Å². The lowest BCUT2D eigenvalue weighted by Gasteiger charge is -2.32. The number of pyridine rings is 1. The molecule has 25 heavy (non-hydrogen) atoms. The second-order valence-corrected chi connectivity index (χ2v) is 7.01. The van der Waals surface area contributed by atoms with E-state index in [1.165, 1.54) is 0 Å². The van der Waals surface area contributed by atoms with Gasteiger partial charge in [0.05, 0.1) is 21.8 Å². The van der Waals surface area contributed by atoms with Crippen molar-refractivity contribution >= 4 is 29.2 Å². The number of halogens is 2. The van der Waals surface area contributed by atoms with Crippen LogP contribution in [0, 0.1) is 0 Å². The number of carboxylic acid groups (broad SMARTS) is 1. The molecule has 0 saturated carbocycles. The van der Waals surface area contributed by atoms with Crippen LogP contribution < -0.4 is 0 Å². The van der Waals surface area contributed by atoms with Gasteiger partial charge >= 0.3 is 5.97 Å². The van der Waals surface area contributed by atoms with E-state index in [9.17, 15) is 9.90 Å². The standard InChI is InChI=1S/C19H20Cl2N2O2/c1-2-12-8-9-15(22-11-12)18(13-5-3-6-14(20)17(13)21)23-10-4-7-16(23)19(24)25/h3,5-6,8-9,11,16,18H,2,4,7,10H2,1H3,(H,24,25). The summed E-state index contributed by atoms with van der Waals surface area (Å²) in [4.78, 5) is 18.3. The number of aliphatic carboxylic acids is 1. The van der Waals surface area contributed by atoms with Crippen molar-refractivity contribution in [1.82, 2.24) is 9.88 Å². The van der Waals surface area contributed by atoms with E-state index in [0.717, 1.165) is 29.7 Å². The first kappa shape index (κ1) is 18.2. The molecule has 3 rings (SSSR count). The first-order valence-corrected chi connectivity index (χ1v) is 9.15. The van der Waals surface area contributed by atoms with E-state index in [1.807, 2.05) is 35.4 Å². The van der Waals surface area contributed by atoms with E-state index in [-0.39, 0.29) is 6.04 Å². The molecule has 1 aliphatic rings. The van der Waals surface area contributed by atoms with Gasteiger partial charge in [-0.2, -0.15) is 0 Å². The molecule has 1 saturated heterocycles. The Labute approximate surface area is 157 Å². The van der Waals surface area contributed by atoms with Crippen LogP contribution in [0.2, 0.25) is 10.0 Å². The van der Waals surface area contributed by atoms with Crippen molar-refractivity contribution in [2.24, 2.45) is 0 Å². The number of hydrogen-bond donors (Lipinski definition) is 1. The molecule has 1 fully saturated rings. The van der Waals surface area contributed by atoms with Crippen LogP contribution in [0.25, 0.3) is 0 Å². The summed E-state index contributed by atoms with van der Waals surface area (Å²) in [6.45, 7) is 2.75. The number of aryl methyl sites for hydroxylation is 1. The van der Waals surface area contributed by atoms with E-state index in [4.69, 9.17) is 23.2 Å². The second-order valence-electron chi connectivity index (χ2n) is 6.22. The van der Waals surface area contributed by atoms with Crippen LogP contribution in [0.15, 0.2) is 36.5 Å². The summed E-state index contributed by atoms with van der Waals surface area (Å²) in [7, 11) is 0. The Morgan fingerprint density at radius 2 is 2.16 bits per heavy atom. The Hall–Kier alpha value is -1.62. The van der Waals surface area contributed by atoms with Crippen molar-refractivity contribution in [3.8, 4) is 0 Å². The van der Waals surface area contributed by atoms with Gasteiger partial charge in [0.25, 0.3) is 0 Å². The Bertz CT molecular complexity index is 765. The lowest BCUT2D eigenvalue weighted by atomic mass is 9.99. The number of carbonyl (C=O) groups is 1. The Kier molecular flexibility index (Phi) is 5.62. The van der Waals surface area contributed by atoms with Gasteiger partial charge in [0.2, 0.25) is 0 Å². The molecule has 1 aliphatic heterocycles. The third-order valence-corrected chi connectivity index (χ3v) is 5.56. The van der Waals surface area contributed by atoms with E-state index in [2.05, 4.69) is 11.9 Å². The lowest BCUT2D eigenvalue weighted by molar-refractivity contribution is -0.142. The van der Waals surface area contributed by atoms with Crippen LogP contribution in [-0.4, -0.2) is 33.5 Å². The minimum absolute atomic E-state index is 0.333. The number of rotatable bonds is 5. The van der Waals surface area contributed by atoms with Crippen LogP contribution in [-0.2, 0) is 11.2 Å². The molecule has 132 valence electrons. The maximum atomic E-state index is 11.7. The van der Waals surface area contributed by atoms with Crippen LogP contribution in [0.1, 0.15) is 42.6 Å². The molecule has 6 heteroatoms. The molecule has 2 heterocycles. The average Bonchev–Trinajstić information content (AvgIpc) is 3.09. The first-order valence-electron chi connectivity index (χ1n) is 8.40. The molecule has 0 bridgehead atoms. The van der Waals surface area contributed by atoms with Gasteiger partial charge in [-0.3, -0.25) is 14.7 Å². The molecule has 0 amide bonds. The largest absolute Gasteiger partial charge is 0.480 e. The summed E-state index contributed by atoms with van der Waals surface area (Å²) in [5.74, 6) is -0.814. The number of aromatic nitrogens is 1. The highest BCUT2D eigenvalue weighted by atomic mass is 35.5. The van der Waals surface area contributed by atoms with Gasteiger partial charge < -0.3 is 5.11 Å². The number of likely N-dealkylation sites (tertiary alicyclic amines) is 1. The zero-order valence-corrected chi connectivity index (χ0v) is 15.5. The van der Waals surface area contributed by atoms with E-state index < -0.39 is 12.0 Å². The highest BCUT2D eigenvalue weighted by molar-refractivity contribution is 6.42. The zero-order valence-electron chi connectivity index (χ0n) is 14.0. The number of carboxylic acids is 1. The molecule has 0 radical (unpaired) electrons. The number of hydrogen-bond acceptors (Lipinski definition) is 3. The Morgan fingerprint density at radius 1 is 1.36 bits per heavy atom. The zero-order chi connectivity index (χ0) is 18.0. The van der Waals surface area contributed by atoms with Crippen molar-refractivity contribution < 1.29 is 9.90 Å². The molecule has 1 N–H and O–H groups in total. The summed E-state index contributed by atoms with van der Waals surface area (Å²) in [5.41, 5.74) is 2.71. The van der Waals surface area contributed by atoms with Crippen molar-refractivity contribution in [3.63, 3.8) is 0 Å². The predicted octanol–water partition coefficient (Wildman–Crippen LogP) is 4.59. The molecular weight excluding hydrogens is 359 g/mol. The van der Waals surface area contributed by atoms with E-state index in [1.54, 1.807) is 6.07 Å². The maximum absolute atomic E-state index is 11.7. The highest BCUT2D eigenvalue weighted by Crippen LogP contribution is 2.39.